The molecule has 0 nitrogen and oxygen atoms in total. The van der Waals surface area contributed by atoms with Gasteiger partial charge in [0, 0.05) is 12.8 Å². The minimum atomic E-state index is 0.870. The molecule has 0 heterocycles. The van der Waals surface area contributed by atoms with Gasteiger partial charge in [0.1, 0.15) is 0 Å². The first-order valence-electron chi connectivity index (χ1n) is 4.21. The summed E-state index contributed by atoms with van der Waals surface area (Å²) in [6.07, 6.45) is 3.83. The first kappa shape index (κ1) is 8.87. The van der Waals surface area contributed by atoms with Gasteiger partial charge in [-0.15, -0.1) is 5.92 Å². The van der Waals surface area contributed by atoms with Gasteiger partial charge in [-0.25, -0.2) is 0 Å². The van der Waals surface area contributed by atoms with Crippen LogP contribution < -0.4 is 0 Å². The van der Waals surface area contributed by atoms with E-state index in [1.165, 1.54) is 5.56 Å². The van der Waals surface area contributed by atoms with Crippen molar-refractivity contribution in [1.82, 2.24) is 0 Å². The van der Waals surface area contributed by atoms with Crippen molar-refractivity contribution in [2.24, 2.45) is 0 Å². The Morgan fingerprint density at radius 2 is 1.92 bits per heavy atom. The molecule has 0 aliphatic carbocycles. The summed E-state index contributed by atoms with van der Waals surface area (Å²) >= 11 is 0. The summed E-state index contributed by atoms with van der Waals surface area (Å²) in [6, 6.07) is 10.3. The van der Waals surface area contributed by atoms with Crippen LogP contribution in [0.2, 0.25) is 0 Å². The van der Waals surface area contributed by atoms with E-state index in [1.807, 2.05) is 25.1 Å². The van der Waals surface area contributed by atoms with Crippen LogP contribution in [0.15, 0.2) is 30.3 Å². The molecule has 1 aromatic rings. The second-order valence-corrected chi connectivity index (χ2v) is 2.63. The minimum absolute atomic E-state index is 0.870. The van der Waals surface area contributed by atoms with Gasteiger partial charge in [0.15, 0.2) is 0 Å². The van der Waals surface area contributed by atoms with Crippen molar-refractivity contribution in [3.8, 4) is 11.8 Å². The van der Waals surface area contributed by atoms with E-state index in [0.717, 1.165) is 12.8 Å². The van der Waals surface area contributed by atoms with Crippen LogP contribution in [0, 0.1) is 18.3 Å². The summed E-state index contributed by atoms with van der Waals surface area (Å²) in [6.45, 7) is 2.02. The van der Waals surface area contributed by atoms with Gasteiger partial charge in [-0.3, -0.25) is 0 Å². The van der Waals surface area contributed by atoms with Gasteiger partial charge in [-0.1, -0.05) is 43.2 Å². The molecule has 0 aromatic heterocycles. The second-order valence-electron chi connectivity index (χ2n) is 2.63. The molecule has 0 aliphatic heterocycles. The van der Waals surface area contributed by atoms with Crippen LogP contribution in [-0.2, 0) is 6.42 Å². The van der Waals surface area contributed by atoms with Crippen molar-refractivity contribution in [2.45, 2.75) is 19.8 Å². The standard InChI is InChI=1S/C12H13/c1-2-3-4-6-9-12-10-7-5-8-11-12/h2,5,7-8,10-11H,3,9H2,1H3. The van der Waals surface area contributed by atoms with Gasteiger partial charge < -0.3 is 0 Å². The summed E-state index contributed by atoms with van der Waals surface area (Å²) in [7, 11) is 0. The molecule has 12 heavy (non-hydrogen) atoms. The van der Waals surface area contributed by atoms with Crippen molar-refractivity contribution >= 4 is 0 Å². The van der Waals surface area contributed by atoms with Crippen LogP contribution in [0.5, 0.6) is 0 Å². The highest BCUT2D eigenvalue weighted by atomic mass is 13.9. The molecule has 0 unspecified atom stereocenters. The average Bonchev–Trinajstić information content (AvgIpc) is 2.14. The second kappa shape index (κ2) is 5.43. The lowest BCUT2D eigenvalue weighted by atomic mass is 10.1. The highest BCUT2D eigenvalue weighted by Crippen LogP contribution is 1.97. The smallest absolute Gasteiger partial charge is 0.0340 e. The van der Waals surface area contributed by atoms with E-state index in [1.54, 1.807) is 0 Å². The Kier molecular flexibility index (Phi) is 4.02. The molecule has 0 amide bonds. The Balaban J connectivity index is 2.40. The SMILES string of the molecule is C[CH]CC#CCc1ccccc1. The third kappa shape index (κ3) is 3.25. The maximum atomic E-state index is 3.12. The average molecular weight is 157 g/mol. The fraction of sp³-hybridized carbons (Fsp3) is 0.250. The first-order chi connectivity index (χ1) is 5.93. The maximum Gasteiger partial charge on any atom is 0.0340 e. The van der Waals surface area contributed by atoms with Crippen molar-refractivity contribution in [2.75, 3.05) is 0 Å². The molecule has 0 heteroatoms. The van der Waals surface area contributed by atoms with Gasteiger partial charge >= 0.3 is 0 Å². The lowest BCUT2D eigenvalue weighted by Crippen LogP contribution is -1.78. The molecule has 0 N–H and O–H groups in total. The summed E-state index contributed by atoms with van der Waals surface area (Å²) in [5, 5.41) is 0. The number of hydrogen-bond donors (Lipinski definition) is 0. The highest BCUT2D eigenvalue weighted by molar-refractivity contribution is 5.20. The lowest BCUT2D eigenvalue weighted by Gasteiger charge is -1.90. The zero-order chi connectivity index (χ0) is 8.65. The number of unbranched alkanes of at least 4 members (excludes halogenated alkanes) is 1. The van der Waals surface area contributed by atoms with Gasteiger partial charge in [-0.2, -0.15) is 0 Å². The fourth-order valence-corrected chi connectivity index (χ4v) is 0.935. The van der Waals surface area contributed by atoms with E-state index in [4.69, 9.17) is 0 Å². The zero-order valence-electron chi connectivity index (χ0n) is 7.38. The first-order valence-corrected chi connectivity index (χ1v) is 4.21. The van der Waals surface area contributed by atoms with Crippen LogP contribution in [0.3, 0.4) is 0 Å². The molecular formula is C12H13. The molecule has 0 bridgehead atoms. The molecular weight excluding hydrogens is 144 g/mol. The molecule has 0 saturated carbocycles. The third-order valence-corrected chi connectivity index (χ3v) is 1.57. The molecule has 0 saturated heterocycles. The summed E-state index contributed by atoms with van der Waals surface area (Å²) in [5.74, 6) is 6.20. The van der Waals surface area contributed by atoms with Gasteiger partial charge in [0.2, 0.25) is 0 Å². The largest absolute Gasteiger partial charge is 0.103 e. The Hall–Kier alpha value is -1.22. The normalized spacial score (nSPS) is 8.75. The van der Waals surface area contributed by atoms with Crippen LogP contribution in [0.1, 0.15) is 18.9 Å². The van der Waals surface area contributed by atoms with E-state index >= 15 is 0 Å². The quantitative estimate of drug-likeness (QED) is 0.579. The van der Waals surface area contributed by atoms with Gasteiger partial charge in [0.25, 0.3) is 0 Å². The lowest BCUT2D eigenvalue weighted by molar-refractivity contribution is 1.24. The van der Waals surface area contributed by atoms with Crippen LogP contribution in [0.4, 0.5) is 0 Å². The van der Waals surface area contributed by atoms with E-state index in [-0.39, 0.29) is 0 Å². The third-order valence-electron chi connectivity index (χ3n) is 1.57. The number of rotatable bonds is 2. The number of hydrogen-bond acceptors (Lipinski definition) is 0. The van der Waals surface area contributed by atoms with Gasteiger partial charge in [0.05, 0.1) is 0 Å². The number of benzene rings is 1. The monoisotopic (exact) mass is 157 g/mol. The summed E-state index contributed by atoms with van der Waals surface area (Å²) in [5.41, 5.74) is 1.29. The molecule has 0 spiro atoms. The van der Waals surface area contributed by atoms with Crippen molar-refractivity contribution < 1.29 is 0 Å². The zero-order valence-corrected chi connectivity index (χ0v) is 7.38. The van der Waals surface area contributed by atoms with Gasteiger partial charge in [-0.05, 0) is 12.0 Å². The molecule has 1 radical (unpaired) electrons. The molecule has 0 fully saturated rings. The topological polar surface area (TPSA) is 0 Å². The van der Waals surface area contributed by atoms with Crippen molar-refractivity contribution in [1.29, 1.82) is 0 Å². The minimum Gasteiger partial charge on any atom is -0.103 e. The Bertz CT molecular complexity index is 261. The Labute approximate surface area is 74.6 Å². The Morgan fingerprint density at radius 1 is 1.17 bits per heavy atom. The van der Waals surface area contributed by atoms with E-state index in [0.29, 0.717) is 0 Å². The van der Waals surface area contributed by atoms with E-state index in [9.17, 15) is 0 Å². The van der Waals surface area contributed by atoms with Crippen LogP contribution in [-0.4, -0.2) is 0 Å². The molecule has 1 aromatic carbocycles. The predicted molar refractivity (Wildman–Crippen MR) is 52.5 cm³/mol. The molecule has 1 rings (SSSR count). The molecule has 0 atom stereocenters. The molecule has 0 aliphatic rings. The summed E-state index contributed by atoms with van der Waals surface area (Å²) < 4.78 is 0. The van der Waals surface area contributed by atoms with E-state index < -0.39 is 0 Å². The van der Waals surface area contributed by atoms with Crippen molar-refractivity contribution in [3.63, 3.8) is 0 Å². The van der Waals surface area contributed by atoms with Crippen LogP contribution in [0.25, 0.3) is 0 Å². The summed E-state index contributed by atoms with van der Waals surface area (Å²) in [4.78, 5) is 0. The fourth-order valence-electron chi connectivity index (χ4n) is 0.935. The maximum absolute atomic E-state index is 3.12. The van der Waals surface area contributed by atoms with Crippen LogP contribution >= 0.6 is 0 Å². The predicted octanol–water partition coefficient (Wildman–Crippen LogP) is 2.85. The molecule has 61 valence electrons. The van der Waals surface area contributed by atoms with E-state index in [2.05, 4.69) is 30.4 Å². The Morgan fingerprint density at radius 3 is 2.58 bits per heavy atom. The highest BCUT2D eigenvalue weighted by Gasteiger charge is 1.83. The van der Waals surface area contributed by atoms with Crippen molar-refractivity contribution in [3.05, 3.63) is 42.3 Å².